The third-order valence-electron chi connectivity index (χ3n) is 6.02. The number of methoxy groups -OCH3 is 1. The predicted molar refractivity (Wildman–Crippen MR) is 125 cm³/mol. The summed E-state index contributed by atoms with van der Waals surface area (Å²) in [7, 11) is 3.50. The molecule has 2 aromatic carbocycles. The Morgan fingerprint density at radius 2 is 1.78 bits per heavy atom. The average Bonchev–Trinajstić information content (AvgIpc) is 3.08. The molecule has 6 nitrogen and oxygen atoms in total. The highest BCUT2D eigenvalue weighted by Gasteiger charge is 2.31. The van der Waals surface area contributed by atoms with E-state index in [2.05, 4.69) is 6.92 Å². The van der Waals surface area contributed by atoms with E-state index in [1.165, 1.54) is 0 Å². The number of hydrogen-bond acceptors (Lipinski definition) is 4. The lowest BCUT2D eigenvalue weighted by Crippen LogP contribution is -2.39. The molecule has 1 aromatic heterocycles. The quantitative estimate of drug-likeness (QED) is 0.452. The number of rotatable bonds is 9. The van der Waals surface area contributed by atoms with Crippen LogP contribution in [0, 0.1) is 5.92 Å². The second-order valence-corrected chi connectivity index (χ2v) is 8.26. The van der Waals surface area contributed by atoms with Gasteiger partial charge < -0.3 is 14.4 Å². The number of para-hydroxylation sites is 2. The van der Waals surface area contributed by atoms with E-state index in [9.17, 15) is 4.79 Å². The highest BCUT2D eigenvalue weighted by molar-refractivity contribution is 5.80. The van der Waals surface area contributed by atoms with Crippen molar-refractivity contribution in [3.63, 3.8) is 0 Å². The molecule has 0 atom stereocenters. The highest BCUT2D eigenvalue weighted by atomic mass is 16.5. The minimum atomic E-state index is 0.150. The smallest absolute Gasteiger partial charge is 0.225 e. The third kappa shape index (κ3) is 4.49. The van der Waals surface area contributed by atoms with E-state index in [1.807, 2.05) is 66.5 Å². The van der Waals surface area contributed by atoms with E-state index in [1.54, 1.807) is 11.8 Å². The van der Waals surface area contributed by atoms with Crippen molar-refractivity contribution in [2.45, 2.75) is 39.2 Å². The molecule has 1 aliphatic rings. The molecular weight excluding hydrogens is 402 g/mol. The second-order valence-electron chi connectivity index (χ2n) is 8.26. The van der Waals surface area contributed by atoms with Gasteiger partial charge in [-0.15, -0.1) is 0 Å². The van der Waals surface area contributed by atoms with E-state index in [0.29, 0.717) is 30.5 Å². The lowest BCUT2D eigenvalue weighted by molar-refractivity contribution is -0.138. The summed E-state index contributed by atoms with van der Waals surface area (Å²) in [5, 5.41) is 4.80. The van der Waals surface area contributed by atoms with Gasteiger partial charge in [-0.25, -0.2) is 4.68 Å². The molecule has 1 fully saturated rings. The zero-order chi connectivity index (χ0) is 22.5. The molecule has 0 saturated heterocycles. The van der Waals surface area contributed by atoms with E-state index in [-0.39, 0.29) is 11.8 Å². The number of benzene rings is 2. The van der Waals surface area contributed by atoms with Crippen molar-refractivity contribution in [1.29, 1.82) is 0 Å². The summed E-state index contributed by atoms with van der Waals surface area (Å²) in [5.74, 6) is 2.28. The molecule has 6 heteroatoms. The number of ether oxygens (including phenoxy) is 2. The van der Waals surface area contributed by atoms with Crippen LogP contribution in [0.1, 0.15) is 38.2 Å². The minimum absolute atomic E-state index is 0.150. The second kappa shape index (κ2) is 9.90. The predicted octanol–water partition coefficient (Wildman–Crippen LogP) is 5.43. The van der Waals surface area contributed by atoms with Crippen molar-refractivity contribution >= 4 is 5.91 Å². The maximum Gasteiger partial charge on any atom is 0.225 e. The zero-order valence-electron chi connectivity index (χ0n) is 19.1. The fraction of sp³-hybridized carbons (Fsp3) is 0.385. The molecule has 168 valence electrons. The molecule has 1 saturated carbocycles. The van der Waals surface area contributed by atoms with Gasteiger partial charge in [0.2, 0.25) is 11.8 Å². The SMILES string of the molecule is CCCN(Cc1c(-c2ccccc2)nn(C)c1Oc1ccccc1OC)C(=O)C1CCC1. The third-order valence-corrected chi connectivity index (χ3v) is 6.02. The molecule has 0 bridgehead atoms. The van der Waals surface area contributed by atoms with Gasteiger partial charge in [0.15, 0.2) is 11.5 Å². The molecule has 0 N–H and O–H groups in total. The Hall–Kier alpha value is -3.28. The first-order chi connectivity index (χ1) is 15.6. The number of carbonyl (C=O) groups is 1. The van der Waals surface area contributed by atoms with Gasteiger partial charge in [0.25, 0.3) is 0 Å². The van der Waals surface area contributed by atoms with Crippen molar-refractivity contribution in [2.75, 3.05) is 13.7 Å². The number of aryl methyl sites for hydroxylation is 1. The Balaban J connectivity index is 1.75. The Kier molecular flexibility index (Phi) is 6.78. The Labute approximate surface area is 189 Å². The van der Waals surface area contributed by atoms with Crippen molar-refractivity contribution in [3.8, 4) is 28.6 Å². The van der Waals surface area contributed by atoms with Gasteiger partial charge >= 0.3 is 0 Å². The lowest BCUT2D eigenvalue weighted by Gasteiger charge is -2.31. The summed E-state index contributed by atoms with van der Waals surface area (Å²) in [6.07, 6.45) is 4.02. The molecule has 32 heavy (non-hydrogen) atoms. The Morgan fingerprint density at radius 1 is 1.09 bits per heavy atom. The van der Waals surface area contributed by atoms with Gasteiger partial charge in [0.1, 0.15) is 5.69 Å². The van der Waals surface area contributed by atoms with Gasteiger partial charge in [-0.2, -0.15) is 5.10 Å². The van der Waals surface area contributed by atoms with Crippen LogP contribution in [0.3, 0.4) is 0 Å². The first-order valence-corrected chi connectivity index (χ1v) is 11.3. The van der Waals surface area contributed by atoms with Crippen LogP contribution in [0.15, 0.2) is 54.6 Å². The van der Waals surface area contributed by atoms with Crippen molar-refractivity contribution in [3.05, 3.63) is 60.2 Å². The fourth-order valence-electron chi connectivity index (χ4n) is 4.10. The van der Waals surface area contributed by atoms with Crippen molar-refractivity contribution < 1.29 is 14.3 Å². The maximum atomic E-state index is 13.2. The standard InChI is InChI=1S/C26H31N3O3/c1-4-17-29(25(30)20-13-10-14-20)18-21-24(19-11-6-5-7-12-19)27-28(2)26(21)32-23-16-9-8-15-22(23)31-3/h5-9,11-12,15-16,20H,4,10,13-14,17-18H2,1-3H3. The van der Waals surface area contributed by atoms with Gasteiger partial charge in [-0.3, -0.25) is 4.79 Å². The van der Waals surface area contributed by atoms with E-state index in [4.69, 9.17) is 14.6 Å². The summed E-state index contributed by atoms with van der Waals surface area (Å²) in [5.41, 5.74) is 2.74. The summed E-state index contributed by atoms with van der Waals surface area (Å²) in [6, 6.07) is 17.6. The molecule has 0 aliphatic heterocycles. The molecule has 0 unspecified atom stereocenters. The molecule has 1 heterocycles. The van der Waals surface area contributed by atoms with E-state index >= 15 is 0 Å². The molecule has 1 aliphatic carbocycles. The number of hydrogen-bond donors (Lipinski definition) is 0. The molecule has 0 spiro atoms. The van der Waals surface area contributed by atoms with Crippen LogP contribution in [-0.2, 0) is 18.4 Å². The largest absolute Gasteiger partial charge is 0.493 e. The molecule has 1 amide bonds. The van der Waals surface area contributed by atoms with Crippen LogP contribution < -0.4 is 9.47 Å². The van der Waals surface area contributed by atoms with Crippen LogP contribution in [0.25, 0.3) is 11.3 Å². The van der Waals surface area contributed by atoms with Gasteiger partial charge in [-0.1, -0.05) is 55.8 Å². The van der Waals surface area contributed by atoms with Crippen molar-refractivity contribution in [1.82, 2.24) is 14.7 Å². The molecule has 3 aromatic rings. The topological polar surface area (TPSA) is 56.6 Å². The first-order valence-electron chi connectivity index (χ1n) is 11.3. The number of aromatic nitrogens is 2. The number of carbonyl (C=O) groups excluding carboxylic acids is 1. The summed E-state index contributed by atoms with van der Waals surface area (Å²) < 4.78 is 13.6. The van der Waals surface area contributed by atoms with Crippen molar-refractivity contribution in [2.24, 2.45) is 13.0 Å². The summed E-state index contributed by atoms with van der Waals surface area (Å²) >= 11 is 0. The number of amides is 1. The van der Waals surface area contributed by atoms with Crippen LogP contribution >= 0.6 is 0 Å². The van der Waals surface area contributed by atoms with E-state index in [0.717, 1.165) is 42.5 Å². The normalized spacial score (nSPS) is 13.5. The molecule has 0 radical (unpaired) electrons. The maximum absolute atomic E-state index is 13.2. The highest BCUT2D eigenvalue weighted by Crippen LogP contribution is 2.38. The average molecular weight is 434 g/mol. The Morgan fingerprint density at radius 3 is 2.41 bits per heavy atom. The molecule has 4 rings (SSSR count). The van der Waals surface area contributed by atoms with Gasteiger partial charge in [0.05, 0.1) is 19.2 Å². The fourth-order valence-corrected chi connectivity index (χ4v) is 4.10. The van der Waals surface area contributed by atoms with Crippen LogP contribution in [-0.4, -0.2) is 34.2 Å². The van der Waals surface area contributed by atoms with Gasteiger partial charge in [-0.05, 0) is 31.4 Å². The lowest BCUT2D eigenvalue weighted by atomic mass is 9.84. The minimum Gasteiger partial charge on any atom is -0.493 e. The van der Waals surface area contributed by atoms with Crippen LogP contribution in [0.4, 0.5) is 0 Å². The number of nitrogens with zero attached hydrogens (tertiary/aromatic N) is 3. The first kappa shape index (κ1) is 21.9. The summed E-state index contributed by atoms with van der Waals surface area (Å²) in [6.45, 7) is 3.28. The van der Waals surface area contributed by atoms with Gasteiger partial charge in [0, 0.05) is 25.1 Å². The zero-order valence-corrected chi connectivity index (χ0v) is 19.1. The summed E-state index contributed by atoms with van der Waals surface area (Å²) in [4.78, 5) is 15.2. The van der Waals surface area contributed by atoms with Crippen LogP contribution in [0.2, 0.25) is 0 Å². The molecular formula is C26H31N3O3. The van der Waals surface area contributed by atoms with E-state index < -0.39 is 0 Å². The monoisotopic (exact) mass is 433 g/mol. The van der Waals surface area contributed by atoms with Crippen LogP contribution in [0.5, 0.6) is 17.4 Å². The Bertz CT molecular complexity index is 1060.